The van der Waals surface area contributed by atoms with E-state index in [1.165, 1.54) is 0 Å². The topological polar surface area (TPSA) is 61.4 Å². The maximum absolute atomic E-state index is 12.5. The van der Waals surface area contributed by atoms with Gasteiger partial charge in [-0.3, -0.25) is 14.5 Å². The van der Waals surface area contributed by atoms with E-state index in [1.807, 2.05) is 0 Å². The summed E-state index contributed by atoms with van der Waals surface area (Å²) < 4.78 is 0. The molecule has 1 heterocycles. The second-order valence-electron chi connectivity index (χ2n) is 8.22. The number of piperidine rings is 1. The first kappa shape index (κ1) is 20.4. The Bertz CT molecular complexity index is 695. The van der Waals surface area contributed by atoms with E-state index in [9.17, 15) is 9.59 Å². The van der Waals surface area contributed by atoms with E-state index >= 15 is 0 Å². The molecular weight excluding hydrogens is 385 g/mol. The second-order valence-corrected chi connectivity index (χ2v) is 9.10. The highest BCUT2D eigenvalue weighted by Crippen LogP contribution is 2.53. The van der Waals surface area contributed by atoms with Crippen molar-refractivity contribution in [2.45, 2.75) is 39.2 Å². The third kappa shape index (κ3) is 5.37. The van der Waals surface area contributed by atoms with Gasteiger partial charge in [0.2, 0.25) is 5.91 Å². The number of carbonyl (C=O) groups excluding carboxylic acids is 2. The number of amides is 2. The molecule has 1 atom stereocenters. The Morgan fingerprint density at radius 2 is 1.81 bits per heavy atom. The Labute approximate surface area is 170 Å². The van der Waals surface area contributed by atoms with Crippen molar-refractivity contribution in [1.29, 1.82) is 0 Å². The van der Waals surface area contributed by atoms with E-state index in [0.717, 1.165) is 38.9 Å². The monoisotopic (exact) mass is 411 g/mol. The smallest absolute Gasteiger partial charge is 0.251 e. The highest BCUT2D eigenvalue weighted by molar-refractivity contribution is 6.35. The number of hydrogen-bond acceptors (Lipinski definition) is 3. The van der Waals surface area contributed by atoms with Crippen molar-refractivity contribution in [2.75, 3.05) is 26.2 Å². The van der Waals surface area contributed by atoms with Gasteiger partial charge in [-0.1, -0.05) is 37.0 Å². The van der Waals surface area contributed by atoms with Gasteiger partial charge in [-0.05, 0) is 61.9 Å². The predicted molar refractivity (Wildman–Crippen MR) is 108 cm³/mol. The summed E-state index contributed by atoms with van der Waals surface area (Å²) >= 11 is 12.0. The molecule has 27 heavy (non-hydrogen) atoms. The summed E-state index contributed by atoms with van der Waals surface area (Å²) in [6.07, 6.45) is 3.01. The Kier molecular flexibility index (Phi) is 6.34. The van der Waals surface area contributed by atoms with Gasteiger partial charge in [0.25, 0.3) is 5.91 Å². The molecule has 1 saturated carbocycles. The first-order chi connectivity index (χ1) is 12.8. The molecule has 1 spiro atoms. The van der Waals surface area contributed by atoms with Crippen LogP contribution < -0.4 is 10.6 Å². The van der Waals surface area contributed by atoms with E-state index in [-0.39, 0.29) is 23.3 Å². The first-order valence-corrected chi connectivity index (χ1v) is 10.3. The maximum Gasteiger partial charge on any atom is 0.251 e. The molecule has 5 nitrogen and oxygen atoms in total. The summed E-state index contributed by atoms with van der Waals surface area (Å²) in [5.41, 5.74) is 0.678. The first-order valence-electron chi connectivity index (χ1n) is 9.53. The van der Waals surface area contributed by atoms with Gasteiger partial charge in [0.1, 0.15) is 0 Å². The van der Waals surface area contributed by atoms with Gasteiger partial charge in [0, 0.05) is 28.2 Å². The molecule has 0 bridgehead atoms. The zero-order valence-electron chi connectivity index (χ0n) is 15.9. The molecule has 1 aliphatic heterocycles. The van der Waals surface area contributed by atoms with E-state index in [4.69, 9.17) is 23.2 Å². The van der Waals surface area contributed by atoms with Crippen LogP contribution in [0.15, 0.2) is 18.2 Å². The van der Waals surface area contributed by atoms with Crippen LogP contribution in [0.25, 0.3) is 0 Å². The third-order valence-electron chi connectivity index (χ3n) is 5.55. The van der Waals surface area contributed by atoms with Crippen molar-refractivity contribution >= 4 is 35.0 Å². The highest BCUT2D eigenvalue weighted by atomic mass is 35.5. The standard InChI is InChI=1S/C20H27Cl2N3O2/c1-13(2)11-23-18(26)12-25-5-3-20(4-6-25)10-17(20)24-19(27)14-7-15(21)9-16(22)8-14/h7-9,13,17H,3-6,10-12H2,1-2H3,(H,23,26)(H,24,27)/t17-/m0/s1. The molecule has 2 N–H and O–H groups in total. The SMILES string of the molecule is CC(C)CNC(=O)CN1CCC2(CC1)C[C@@H]2NC(=O)c1cc(Cl)cc(Cl)c1. The van der Waals surface area contributed by atoms with Crippen LogP contribution in [0.3, 0.4) is 0 Å². The lowest BCUT2D eigenvalue weighted by molar-refractivity contribution is -0.122. The summed E-state index contributed by atoms with van der Waals surface area (Å²) in [5.74, 6) is 0.429. The van der Waals surface area contributed by atoms with Crippen molar-refractivity contribution in [2.24, 2.45) is 11.3 Å². The minimum absolute atomic E-state index is 0.0955. The molecule has 0 aromatic heterocycles. The fraction of sp³-hybridized carbons (Fsp3) is 0.600. The average Bonchev–Trinajstić information content (AvgIpc) is 3.26. The van der Waals surface area contributed by atoms with Gasteiger partial charge in [0.05, 0.1) is 6.54 Å². The minimum atomic E-state index is -0.128. The lowest BCUT2D eigenvalue weighted by Crippen LogP contribution is -2.44. The number of likely N-dealkylation sites (tertiary alicyclic amines) is 1. The number of rotatable bonds is 6. The molecule has 3 rings (SSSR count). The fourth-order valence-electron chi connectivity index (χ4n) is 3.76. The Hall–Kier alpha value is -1.30. The number of carbonyl (C=O) groups is 2. The van der Waals surface area contributed by atoms with Gasteiger partial charge < -0.3 is 10.6 Å². The molecular formula is C20H27Cl2N3O2. The van der Waals surface area contributed by atoms with E-state index < -0.39 is 0 Å². The van der Waals surface area contributed by atoms with Crippen molar-refractivity contribution in [1.82, 2.24) is 15.5 Å². The molecule has 1 aromatic carbocycles. The summed E-state index contributed by atoms with van der Waals surface area (Å²) in [4.78, 5) is 26.7. The van der Waals surface area contributed by atoms with E-state index in [0.29, 0.717) is 28.1 Å². The summed E-state index contributed by atoms with van der Waals surface area (Å²) in [6, 6.07) is 5.08. The van der Waals surface area contributed by atoms with Gasteiger partial charge in [-0.2, -0.15) is 0 Å². The predicted octanol–water partition coefficient (Wildman–Crippen LogP) is 3.35. The molecule has 0 unspecified atom stereocenters. The number of halogens is 2. The summed E-state index contributed by atoms with van der Waals surface area (Å²) in [6.45, 7) is 7.14. The summed E-state index contributed by atoms with van der Waals surface area (Å²) in [7, 11) is 0. The normalized spacial score (nSPS) is 21.3. The largest absolute Gasteiger partial charge is 0.355 e. The van der Waals surface area contributed by atoms with Crippen LogP contribution in [-0.2, 0) is 4.79 Å². The Balaban J connectivity index is 1.45. The molecule has 2 amide bonds. The van der Waals surface area contributed by atoms with Gasteiger partial charge in [0.15, 0.2) is 0 Å². The van der Waals surface area contributed by atoms with Crippen molar-refractivity contribution in [3.8, 4) is 0 Å². The van der Waals surface area contributed by atoms with E-state index in [2.05, 4.69) is 29.4 Å². The highest BCUT2D eigenvalue weighted by Gasteiger charge is 2.55. The number of benzene rings is 1. The van der Waals surface area contributed by atoms with Crippen LogP contribution in [0.1, 0.15) is 43.5 Å². The molecule has 1 aromatic rings. The third-order valence-corrected chi connectivity index (χ3v) is 5.98. The quantitative estimate of drug-likeness (QED) is 0.754. The van der Waals surface area contributed by atoms with Gasteiger partial charge in [-0.15, -0.1) is 0 Å². The van der Waals surface area contributed by atoms with Crippen LogP contribution in [0.4, 0.5) is 0 Å². The lowest BCUT2D eigenvalue weighted by atomic mass is 9.92. The van der Waals surface area contributed by atoms with Crippen LogP contribution >= 0.6 is 23.2 Å². The maximum atomic E-state index is 12.5. The van der Waals surface area contributed by atoms with Crippen LogP contribution in [-0.4, -0.2) is 48.9 Å². The fourth-order valence-corrected chi connectivity index (χ4v) is 4.29. The van der Waals surface area contributed by atoms with Crippen LogP contribution in [0, 0.1) is 11.3 Å². The van der Waals surface area contributed by atoms with Crippen LogP contribution in [0.2, 0.25) is 10.0 Å². The average molecular weight is 412 g/mol. The van der Waals surface area contributed by atoms with Crippen molar-refractivity contribution < 1.29 is 9.59 Å². The second kappa shape index (κ2) is 8.38. The molecule has 1 saturated heterocycles. The Morgan fingerprint density at radius 1 is 1.19 bits per heavy atom. The van der Waals surface area contributed by atoms with Crippen molar-refractivity contribution in [3.05, 3.63) is 33.8 Å². The van der Waals surface area contributed by atoms with Gasteiger partial charge >= 0.3 is 0 Å². The van der Waals surface area contributed by atoms with E-state index in [1.54, 1.807) is 18.2 Å². The number of nitrogens with one attached hydrogen (secondary N) is 2. The van der Waals surface area contributed by atoms with Gasteiger partial charge in [-0.25, -0.2) is 0 Å². The number of hydrogen-bond donors (Lipinski definition) is 2. The molecule has 148 valence electrons. The molecule has 2 fully saturated rings. The molecule has 7 heteroatoms. The summed E-state index contributed by atoms with van der Waals surface area (Å²) in [5, 5.41) is 7.01. The zero-order valence-corrected chi connectivity index (χ0v) is 17.4. The Morgan fingerprint density at radius 3 is 2.41 bits per heavy atom. The lowest BCUT2D eigenvalue weighted by Gasteiger charge is -2.32. The molecule has 0 radical (unpaired) electrons. The number of nitrogens with zero attached hydrogens (tertiary/aromatic N) is 1. The molecule has 1 aliphatic carbocycles. The van der Waals surface area contributed by atoms with Crippen molar-refractivity contribution in [3.63, 3.8) is 0 Å². The zero-order chi connectivity index (χ0) is 19.6. The molecule has 2 aliphatic rings. The minimum Gasteiger partial charge on any atom is -0.355 e. The van der Waals surface area contributed by atoms with Crippen LogP contribution in [0.5, 0.6) is 0 Å².